The van der Waals surface area contributed by atoms with Crippen molar-refractivity contribution in [3.05, 3.63) is 34.1 Å². The normalized spacial score (nSPS) is 29.3. The van der Waals surface area contributed by atoms with Crippen molar-refractivity contribution in [3.63, 3.8) is 0 Å². The first-order valence-electron chi connectivity index (χ1n) is 6.21. The van der Waals surface area contributed by atoms with Crippen molar-refractivity contribution in [1.82, 2.24) is 0 Å². The molecule has 0 spiro atoms. The first-order valence-corrected chi connectivity index (χ1v) is 7.01. The van der Waals surface area contributed by atoms with Crippen LogP contribution in [0.5, 0.6) is 0 Å². The van der Waals surface area contributed by atoms with Gasteiger partial charge in [0.05, 0.1) is 4.47 Å². The Morgan fingerprint density at radius 2 is 2.06 bits per heavy atom. The third-order valence-electron chi connectivity index (χ3n) is 3.81. The summed E-state index contributed by atoms with van der Waals surface area (Å²) in [6.45, 7) is 2.29. The van der Waals surface area contributed by atoms with Crippen LogP contribution in [0, 0.1) is 11.7 Å². The fourth-order valence-electron chi connectivity index (χ4n) is 2.57. The number of halogens is 2. The Labute approximate surface area is 111 Å². The molecule has 1 nitrogen and oxygen atoms in total. The van der Waals surface area contributed by atoms with Crippen molar-refractivity contribution in [1.29, 1.82) is 0 Å². The van der Waals surface area contributed by atoms with E-state index < -0.39 is 0 Å². The summed E-state index contributed by atoms with van der Waals surface area (Å²) in [7, 11) is 0. The molecular formula is C14H19BrFN. The van der Waals surface area contributed by atoms with Crippen molar-refractivity contribution >= 4 is 15.9 Å². The summed E-state index contributed by atoms with van der Waals surface area (Å²) >= 11 is 3.22. The quantitative estimate of drug-likeness (QED) is 0.876. The summed E-state index contributed by atoms with van der Waals surface area (Å²) in [5, 5.41) is 0. The molecule has 2 N–H and O–H groups in total. The van der Waals surface area contributed by atoms with Crippen molar-refractivity contribution < 1.29 is 4.39 Å². The molecule has 1 aromatic carbocycles. The average Bonchev–Trinajstić information content (AvgIpc) is 2.28. The minimum Gasteiger partial charge on any atom is -0.325 e. The van der Waals surface area contributed by atoms with Crippen LogP contribution in [0.1, 0.15) is 38.2 Å². The standard InChI is InChI=1S/C14H19BrFN/c1-10-4-6-14(17,7-5-10)9-11-2-3-13(16)12(15)8-11/h2-3,8,10H,4-7,9,17H2,1H3. The number of rotatable bonds is 2. The van der Waals surface area contributed by atoms with Crippen LogP contribution in [0.3, 0.4) is 0 Å². The van der Waals surface area contributed by atoms with Crippen LogP contribution in [-0.2, 0) is 6.42 Å². The minimum absolute atomic E-state index is 0.0935. The van der Waals surface area contributed by atoms with E-state index in [2.05, 4.69) is 22.9 Å². The zero-order valence-electron chi connectivity index (χ0n) is 10.2. The van der Waals surface area contributed by atoms with Crippen molar-refractivity contribution in [2.24, 2.45) is 11.7 Å². The summed E-state index contributed by atoms with van der Waals surface area (Å²) < 4.78 is 13.7. The van der Waals surface area contributed by atoms with Crippen LogP contribution in [0.4, 0.5) is 4.39 Å². The molecule has 0 aromatic heterocycles. The van der Waals surface area contributed by atoms with Crippen LogP contribution < -0.4 is 5.73 Å². The van der Waals surface area contributed by atoms with Crippen molar-refractivity contribution in [2.45, 2.75) is 44.6 Å². The topological polar surface area (TPSA) is 26.0 Å². The molecule has 0 bridgehead atoms. The molecule has 0 atom stereocenters. The maximum atomic E-state index is 13.1. The van der Waals surface area contributed by atoms with E-state index in [-0.39, 0.29) is 11.4 Å². The van der Waals surface area contributed by atoms with E-state index in [0.29, 0.717) is 4.47 Å². The van der Waals surface area contributed by atoms with Gasteiger partial charge in [0.15, 0.2) is 0 Å². The first kappa shape index (κ1) is 13.0. The smallest absolute Gasteiger partial charge is 0.137 e. The molecule has 17 heavy (non-hydrogen) atoms. The van der Waals surface area contributed by atoms with Gasteiger partial charge in [-0.3, -0.25) is 0 Å². The van der Waals surface area contributed by atoms with Gasteiger partial charge in [0.25, 0.3) is 0 Å². The lowest BCUT2D eigenvalue weighted by Crippen LogP contribution is -2.45. The predicted molar refractivity (Wildman–Crippen MR) is 72.4 cm³/mol. The van der Waals surface area contributed by atoms with E-state index in [0.717, 1.165) is 30.7 Å². The van der Waals surface area contributed by atoms with E-state index in [4.69, 9.17) is 5.73 Å². The van der Waals surface area contributed by atoms with E-state index >= 15 is 0 Å². The molecule has 0 radical (unpaired) electrons. The van der Waals surface area contributed by atoms with E-state index in [9.17, 15) is 4.39 Å². The van der Waals surface area contributed by atoms with Gasteiger partial charge in [-0.1, -0.05) is 13.0 Å². The fourth-order valence-corrected chi connectivity index (χ4v) is 3.00. The molecule has 1 saturated carbocycles. The van der Waals surface area contributed by atoms with Crippen LogP contribution in [0.2, 0.25) is 0 Å². The third-order valence-corrected chi connectivity index (χ3v) is 4.42. The Morgan fingerprint density at radius 1 is 1.41 bits per heavy atom. The SMILES string of the molecule is CC1CCC(N)(Cc2ccc(F)c(Br)c2)CC1. The van der Waals surface area contributed by atoms with Gasteiger partial charge in [-0.15, -0.1) is 0 Å². The molecule has 0 unspecified atom stereocenters. The molecular weight excluding hydrogens is 281 g/mol. The molecule has 1 aliphatic rings. The Hall–Kier alpha value is -0.410. The summed E-state index contributed by atoms with van der Waals surface area (Å²) in [4.78, 5) is 0. The summed E-state index contributed by atoms with van der Waals surface area (Å²) in [5.41, 5.74) is 7.46. The van der Waals surface area contributed by atoms with Gasteiger partial charge in [-0.2, -0.15) is 0 Å². The molecule has 0 heterocycles. The second-order valence-electron chi connectivity index (χ2n) is 5.47. The van der Waals surface area contributed by atoms with Gasteiger partial charge in [0.1, 0.15) is 5.82 Å². The lowest BCUT2D eigenvalue weighted by Gasteiger charge is -2.36. The Morgan fingerprint density at radius 3 is 2.65 bits per heavy atom. The van der Waals surface area contributed by atoms with Gasteiger partial charge in [0, 0.05) is 5.54 Å². The molecule has 94 valence electrons. The summed E-state index contributed by atoms with van der Waals surface area (Å²) in [6, 6.07) is 5.20. The van der Waals surface area contributed by atoms with E-state index in [1.165, 1.54) is 18.9 Å². The van der Waals surface area contributed by atoms with Crippen LogP contribution >= 0.6 is 15.9 Å². The molecule has 0 aliphatic heterocycles. The highest BCUT2D eigenvalue weighted by atomic mass is 79.9. The van der Waals surface area contributed by atoms with Crippen molar-refractivity contribution in [3.8, 4) is 0 Å². The number of benzene rings is 1. The first-order chi connectivity index (χ1) is 7.98. The average molecular weight is 300 g/mol. The lowest BCUT2D eigenvalue weighted by molar-refractivity contribution is 0.243. The second-order valence-corrected chi connectivity index (χ2v) is 6.32. The second kappa shape index (κ2) is 5.07. The van der Waals surface area contributed by atoms with Crippen molar-refractivity contribution in [2.75, 3.05) is 0 Å². The highest BCUT2D eigenvalue weighted by Crippen LogP contribution is 2.33. The Balaban J connectivity index is 2.07. The molecule has 1 fully saturated rings. The Bertz CT molecular complexity index is 397. The van der Waals surface area contributed by atoms with Gasteiger partial charge < -0.3 is 5.73 Å². The van der Waals surface area contributed by atoms with Gasteiger partial charge in [-0.05, 0) is 71.6 Å². The monoisotopic (exact) mass is 299 g/mol. The molecule has 3 heteroatoms. The predicted octanol–water partition coefficient (Wildman–Crippen LogP) is 4.04. The van der Waals surface area contributed by atoms with E-state index in [1.807, 2.05) is 12.1 Å². The molecule has 1 aliphatic carbocycles. The maximum absolute atomic E-state index is 13.1. The van der Waals surface area contributed by atoms with Gasteiger partial charge >= 0.3 is 0 Å². The third kappa shape index (κ3) is 3.29. The summed E-state index contributed by atoms with van der Waals surface area (Å²) in [6.07, 6.45) is 5.41. The molecule has 0 amide bonds. The minimum atomic E-state index is -0.211. The number of hydrogen-bond acceptors (Lipinski definition) is 1. The van der Waals surface area contributed by atoms with E-state index in [1.54, 1.807) is 0 Å². The van der Waals surface area contributed by atoms with Crippen LogP contribution in [0.25, 0.3) is 0 Å². The fraction of sp³-hybridized carbons (Fsp3) is 0.571. The number of hydrogen-bond donors (Lipinski definition) is 1. The Kier molecular flexibility index (Phi) is 3.88. The summed E-state index contributed by atoms with van der Waals surface area (Å²) in [5.74, 6) is 0.587. The highest BCUT2D eigenvalue weighted by molar-refractivity contribution is 9.10. The molecule has 0 saturated heterocycles. The van der Waals surface area contributed by atoms with Crippen LogP contribution in [-0.4, -0.2) is 5.54 Å². The highest BCUT2D eigenvalue weighted by Gasteiger charge is 2.30. The largest absolute Gasteiger partial charge is 0.325 e. The van der Waals surface area contributed by atoms with Crippen LogP contribution in [0.15, 0.2) is 22.7 Å². The maximum Gasteiger partial charge on any atom is 0.137 e. The lowest BCUT2D eigenvalue weighted by atomic mass is 9.75. The molecule has 2 rings (SSSR count). The zero-order valence-corrected chi connectivity index (χ0v) is 11.8. The molecule has 1 aromatic rings. The number of nitrogens with two attached hydrogens (primary N) is 1. The van der Waals surface area contributed by atoms with Gasteiger partial charge in [-0.25, -0.2) is 4.39 Å². The zero-order chi connectivity index (χ0) is 12.5. The van der Waals surface area contributed by atoms with Gasteiger partial charge in [0.2, 0.25) is 0 Å².